The van der Waals surface area contributed by atoms with Gasteiger partial charge in [0.1, 0.15) is 5.15 Å². The third kappa shape index (κ3) is 2.74. The van der Waals surface area contributed by atoms with Crippen molar-refractivity contribution in [3.63, 3.8) is 0 Å². The monoisotopic (exact) mass is 197 g/mol. The Morgan fingerprint density at radius 3 is 2.50 bits per heavy atom. The molecule has 1 rings (SSSR count). The van der Waals surface area contributed by atoms with Crippen molar-refractivity contribution >= 4 is 35.6 Å². The molecule has 0 N–H and O–H groups in total. The number of hydrogen-bond donors (Lipinski definition) is 0. The van der Waals surface area contributed by atoms with Gasteiger partial charge in [-0.2, -0.15) is 0 Å². The highest BCUT2D eigenvalue weighted by Crippen LogP contribution is 2.06. The fourth-order valence-corrected chi connectivity index (χ4v) is 0.855. The van der Waals surface area contributed by atoms with Gasteiger partial charge in [-0.1, -0.05) is 17.7 Å². The second-order valence-electron chi connectivity index (χ2n) is 1.59. The molecule has 10 heavy (non-hydrogen) atoms. The Morgan fingerprint density at radius 2 is 2.10 bits per heavy atom. The van der Waals surface area contributed by atoms with Crippen LogP contribution in [0.5, 0.6) is 0 Å². The van der Waals surface area contributed by atoms with E-state index in [1.165, 1.54) is 0 Å². The Labute approximate surface area is 75.8 Å². The molecule has 56 valence electrons. The highest BCUT2D eigenvalue weighted by atomic mass is 35.5. The lowest BCUT2D eigenvalue weighted by Crippen LogP contribution is -1.82. The van der Waals surface area contributed by atoms with Crippen LogP contribution in [-0.4, -0.2) is 4.98 Å². The standard InChI is InChI=1S/C6H5Cl2N.ClH/c7-4-5-2-1-3-6(8)9-5;/h1-3H,4H2;1H. The van der Waals surface area contributed by atoms with E-state index in [1.807, 2.05) is 12.1 Å². The first kappa shape index (κ1) is 10.0. The third-order valence-corrected chi connectivity index (χ3v) is 1.39. The van der Waals surface area contributed by atoms with Crippen LogP contribution in [0.2, 0.25) is 5.15 Å². The zero-order valence-electron chi connectivity index (χ0n) is 5.05. The van der Waals surface area contributed by atoms with Crippen LogP contribution in [0.25, 0.3) is 0 Å². The van der Waals surface area contributed by atoms with Gasteiger partial charge >= 0.3 is 0 Å². The summed E-state index contributed by atoms with van der Waals surface area (Å²) in [7, 11) is 0. The van der Waals surface area contributed by atoms with Crippen LogP contribution in [0.3, 0.4) is 0 Å². The first-order chi connectivity index (χ1) is 4.33. The molecule has 0 spiro atoms. The normalized spacial score (nSPS) is 8.60. The Bertz CT molecular complexity index is 202. The Balaban J connectivity index is 0.000000810. The zero-order valence-corrected chi connectivity index (χ0v) is 7.38. The number of halogens is 3. The molecule has 0 aliphatic carbocycles. The SMILES string of the molecule is Cl.ClCc1cccc(Cl)n1. The van der Waals surface area contributed by atoms with E-state index in [9.17, 15) is 0 Å². The first-order valence-corrected chi connectivity index (χ1v) is 3.41. The summed E-state index contributed by atoms with van der Waals surface area (Å²) in [5.74, 6) is 0.417. The molecular formula is C6H6Cl3N. The van der Waals surface area contributed by atoms with Crippen molar-refractivity contribution in [2.45, 2.75) is 5.88 Å². The molecule has 1 heterocycles. The number of rotatable bonds is 1. The molecule has 1 aromatic heterocycles. The van der Waals surface area contributed by atoms with E-state index in [0.717, 1.165) is 5.69 Å². The fourth-order valence-electron chi connectivity index (χ4n) is 0.525. The van der Waals surface area contributed by atoms with Crippen LogP contribution in [0.1, 0.15) is 5.69 Å². The average Bonchev–Trinajstić information content (AvgIpc) is 1.88. The van der Waals surface area contributed by atoms with Gasteiger partial charge in [0, 0.05) is 0 Å². The van der Waals surface area contributed by atoms with Gasteiger partial charge in [0.2, 0.25) is 0 Å². The lowest BCUT2D eigenvalue weighted by atomic mass is 10.4. The lowest BCUT2D eigenvalue weighted by molar-refractivity contribution is 1.17. The summed E-state index contributed by atoms with van der Waals surface area (Å²) in [6.07, 6.45) is 0. The van der Waals surface area contributed by atoms with Crippen molar-refractivity contribution in [1.29, 1.82) is 0 Å². The van der Waals surface area contributed by atoms with Crippen molar-refractivity contribution in [1.82, 2.24) is 4.98 Å². The number of aromatic nitrogens is 1. The van der Waals surface area contributed by atoms with Crippen LogP contribution >= 0.6 is 35.6 Å². The molecule has 1 aromatic rings. The van der Waals surface area contributed by atoms with E-state index in [0.29, 0.717) is 11.0 Å². The van der Waals surface area contributed by atoms with E-state index >= 15 is 0 Å². The molecule has 4 heteroatoms. The molecule has 0 bridgehead atoms. The summed E-state index contributed by atoms with van der Waals surface area (Å²) < 4.78 is 0. The summed E-state index contributed by atoms with van der Waals surface area (Å²) in [6.45, 7) is 0. The summed E-state index contributed by atoms with van der Waals surface area (Å²) >= 11 is 11.0. The summed E-state index contributed by atoms with van der Waals surface area (Å²) in [6, 6.07) is 5.38. The third-order valence-electron chi connectivity index (χ3n) is 0.910. The molecule has 0 aliphatic rings. The quantitative estimate of drug-likeness (QED) is 0.499. The van der Waals surface area contributed by atoms with Crippen LogP contribution in [0.4, 0.5) is 0 Å². The van der Waals surface area contributed by atoms with Crippen molar-refractivity contribution in [3.05, 3.63) is 29.0 Å². The molecule has 0 unspecified atom stereocenters. The molecule has 0 aromatic carbocycles. The molecule has 1 nitrogen and oxygen atoms in total. The zero-order chi connectivity index (χ0) is 6.69. The summed E-state index contributed by atoms with van der Waals surface area (Å²) in [5.41, 5.74) is 0.809. The minimum absolute atomic E-state index is 0. The largest absolute Gasteiger partial charge is 0.240 e. The van der Waals surface area contributed by atoms with E-state index in [4.69, 9.17) is 23.2 Å². The topological polar surface area (TPSA) is 12.9 Å². The van der Waals surface area contributed by atoms with Crippen LogP contribution in [0, 0.1) is 0 Å². The molecule has 0 saturated carbocycles. The van der Waals surface area contributed by atoms with Gasteiger partial charge in [0.25, 0.3) is 0 Å². The van der Waals surface area contributed by atoms with Crippen LogP contribution in [0.15, 0.2) is 18.2 Å². The van der Waals surface area contributed by atoms with Crippen molar-refractivity contribution < 1.29 is 0 Å². The van der Waals surface area contributed by atoms with Crippen molar-refractivity contribution in [2.75, 3.05) is 0 Å². The smallest absolute Gasteiger partial charge is 0.129 e. The molecule has 0 fully saturated rings. The van der Waals surface area contributed by atoms with E-state index < -0.39 is 0 Å². The fraction of sp³-hybridized carbons (Fsp3) is 0.167. The van der Waals surface area contributed by atoms with E-state index in [1.54, 1.807) is 6.07 Å². The number of pyridine rings is 1. The molecule has 0 atom stereocenters. The first-order valence-electron chi connectivity index (χ1n) is 2.50. The number of alkyl halides is 1. The van der Waals surface area contributed by atoms with E-state index in [-0.39, 0.29) is 12.4 Å². The predicted octanol–water partition coefficient (Wildman–Crippen LogP) is 2.90. The van der Waals surface area contributed by atoms with Gasteiger partial charge in [-0.15, -0.1) is 24.0 Å². The Morgan fingerprint density at radius 1 is 1.40 bits per heavy atom. The summed E-state index contributed by atoms with van der Waals surface area (Å²) in [5, 5.41) is 0.494. The summed E-state index contributed by atoms with van der Waals surface area (Å²) in [4.78, 5) is 3.93. The van der Waals surface area contributed by atoms with Crippen LogP contribution < -0.4 is 0 Å². The van der Waals surface area contributed by atoms with Gasteiger partial charge in [-0.05, 0) is 12.1 Å². The maximum atomic E-state index is 5.55. The predicted molar refractivity (Wildman–Crippen MR) is 46.1 cm³/mol. The minimum atomic E-state index is 0. The van der Waals surface area contributed by atoms with Crippen LogP contribution in [-0.2, 0) is 5.88 Å². The highest BCUT2D eigenvalue weighted by molar-refractivity contribution is 6.29. The molecular weight excluding hydrogens is 192 g/mol. The van der Waals surface area contributed by atoms with E-state index in [2.05, 4.69) is 4.98 Å². The van der Waals surface area contributed by atoms with Crippen molar-refractivity contribution in [3.8, 4) is 0 Å². The van der Waals surface area contributed by atoms with Gasteiger partial charge in [0.15, 0.2) is 0 Å². The minimum Gasteiger partial charge on any atom is -0.240 e. The lowest BCUT2D eigenvalue weighted by Gasteiger charge is -1.91. The maximum absolute atomic E-state index is 5.55. The highest BCUT2D eigenvalue weighted by Gasteiger charge is 1.90. The van der Waals surface area contributed by atoms with Crippen molar-refractivity contribution in [2.24, 2.45) is 0 Å². The van der Waals surface area contributed by atoms with Gasteiger partial charge in [-0.3, -0.25) is 0 Å². The maximum Gasteiger partial charge on any atom is 0.129 e. The number of hydrogen-bond acceptors (Lipinski definition) is 1. The Hall–Kier alpha value is 0.0200. The van der Waals surface area contributed by atoms with Gasteiger partial charge in [-0.25, -0.2) is 4.98 Å². The van der Waals surface area contributed by atoms with Gasteiger partial charge in [0.05, 0.1) is 11.6 Å². The second kappa shape index (κ2) is 4.78. The second-order valence-corrected chi connectivity index (χ2v) is 2.24. The molecule has 0 amide bonds. The number of nitrogens with zero attached hydrogens (tertiary/aromatic N) is 1. The molecule has 0 aliphatic heterocycles. The molecule has 0 radical (unpaired) electrons. The molecule has 0 saturated heterocycles. The van der Waals surface area contributed by atoms with Gasteiger partial charge < -0.3 is 0 Å². The average molecular weight is 198 g/mol. The Kier molecular flexibility index (Phi) is 4.79.